The zero-order chi connectivity index (χ0) is 6.43. The van der Waals surface area contributed by atoms with Crippen molar-refractivity contribution in [3.8, 4) is 0 Å². The second kappa shape index (κ2) is 1.47. The van der Waals surface area contributed by atoms with Gasteiger partial charge in [-0.3, -0.25) is 4.79 Å². The minimum absolute atomic E-state index is 0.328. The number of carbonyl (C=O) groups excluding carboxylic acids is 1. The topological polar surface area (TPSA) is 17.1 Å². The second-order valence-electron chi connectivity index (χ2n) is 3.04. The Kier molecular flexibility index (Phi) is 0.850. The number of ketones is 1. The number of hydrogen-bond donors (Lipinski definition) is 0. The largest absolute Gasteiger partial charge is 0.299 e. The van der Waals surface area contributed by atoms with Crippen LogP contribution in [-0.2, 0) is 4.79 Å². The van der Waals surface area contributed by atoms with Crippen molar-refractivity contribution in [3.63, 3.8) is 0 Å². The highest BCUT2D eigenvalue weighted by molar-refractivity contribution is 5.91. The summed E-state index contributed by atoms with van der Waals surface area (Å²) in [6, 6.07) is 0. The smallest absolute Gasteiger partial charge is 0.140 e. The molecular weight excluding hydrogens is 112 g/mol. The zero-order valence-corrected chi connectivity index (χ0v) is 5.50. The summed E-state index contributed by atoms with van der Waals surface area (Å²) in [5.41, 5.74) is 0. The van der Waals surface area contributed by atoms with Crippen LogP contribution >= 0.6 is 0 Å². The molecule has 1 fully saturated rings. The van der Waals surface area contributed by atoms with Crippen molar-refractivity contribution in [2.45, 2.75) is 13.3 Å². The lowest BCUT2D eigenvalue weighted by Gasteiger charge is -2.35. The van der Waals surface area contributed by atoms with Crippen LogP contribution in [0.1, 0.15) is 13.3 Å². The molecule has 0 bridgehead atoms. The van der Waals surface area contributed by atoms with Crippen molar-refractivity contribution in [3.05, 3.63) is 12.2 Å². The Hall–Kier alpha value is -0.590. The molecule has 2 aliphatic rings. The van der Waals surface area contributed by atoms with Gasteiger partial charge in [0.05, 0.1) is 0 Å². The maximum Gasteiger partial charge on any atom is 0.140 e. The molecule has 2 aliphatic carbocycles. The summed E-state index contributed by atoms with van der Waals surface area (Å²) in [4.78, 5) is 11.0. The lowest BCUT2D eigenvalue weighted by molar-refractivity contribution is -0.138. The maximum atomic E-state index is 11.0. The third kappa shape index (κ3) is 0.473. The van der Waals surface area contributed by atoms with E-state index in [1.807, 2.05) is 6.92 Å². The van der Waals surface area contributed by atoms with Crippen LogP contribution in [0, 0.1) is 17.8 Å². The van der Waals surface area contributed by atoms with Gasteiger partial charge in [0, 0.05) is 11.8 Å². The molecular formula is C8H10O. The van der Waals surface area contributed by atoms with E-state index in [-0.39, 0.29) is 0 Å². The Labute approximate surface area is 54.8 Å². The quantitative estimate of drug-likeness (QED) is 0.444. The van der Waals surface area contributed by atoms with E-state index in [1.165, 1.54) is 0 Å². The summed E-state index contributed by atoms with van der Waals surface area (Å²) in [5.74, 6) is 1.80. The van der Waals surface area contributed by atoms with Crippen molar-refractivity contribution >= 4 is 5.78 Å². The summed E-state index contributed by atoms with van der Waals surface area (Å²) in [5, 5.41) is 0. The molecule has 0 aromatic heterocycles. The number of hydrogen-bond acceptors (Lipinski definition) is 1. The normalized spacial score (nSPS) is 46.8. The molecule has 0 aliphatic heterocycles. The molecule has 0 spiro atoms. The lowest BCUT2D eigenvalue weighted by atomic mass is 9.66. The van der Waals surface area contributed by atoms with Gasteiger partial charge in [0.15, 0.2) is 0 Å². The zero-order valence-electron chi connectivity index (χ0n) is 5.50. The van der Waals surface area contributed by atoms with Gasteiger partial charge in [-0.2, -0.15) is 0 Å². The molecule has 3 unspecified atom stereocenters. The van der Waals surface area contributed by atoms with Gasteiger partial charge in [0.1, 0.15) is 5.78 Å². The first kappa shape index (κ1) is 5.21. The van der Waals surface area contributed by atoms with Crippen molar-refractivity contribution in [2.24, 2.45) is 17.8 Å². The van der Waals surface area contributed by atoms with E-state index in [0.29, 0.717) is 23.5 Å². The molecule has 0 N–H and O–H groups in total. The van der Waals surface area contributed by atoms with Crippen molar-refractivity contribution in [1.29, 1.82) is 0 Å². The van der Waals surface area contributed by atoms with Gasteiger partial charge in [-0.25, -0.2) is 0 Å². The summed E-state index contributed by atoms with van der Waals surface area (Å²) < 4.78 is 0. The van der Waals surface area contributed by atoms with E-state index in [1.54, 1.807) is 0 Å². The minimum Gasteiger partial charge on any atom is -0.299 e. The molecule has 1 heteroatoms. The maximum absolute atomic E-state index is 11.0. The molecule has 0 aromatic rings. The third-order valence-corrected chi connectivity index (χ3v) is 2.60. The van der Waals surface area contributed by atoms with Gasteiger partial charge >= 0.3 is 0 Å². The molecule has 2 rings (SSSR count). The number of fused-ring (bicyclic) bond motifs is 1. The lowest BCUT2D eigenvalue weighted by Crippen LogP contribution is -2.42. The van der Waals surface area contributed by atoms with Crippen LogP contribution in [0.25, 0.3) is 0 Å². The van der Waals surface area contributed by atoms with Gasteiger partial charge in [0.25, 0.3) is 0 Å². The first-order valence-electron chi connectivity index (χ1n) is 3.51. The summed E-state index contributed by atoms with van der Waals surface area (Å²) >= 11 is 0. The Morgan fingerprint density at radius 1 is 1.67 bits per heavy atom. The fourth-order valence-electron chi connectivity index (χ4n) is 1.90. The Balaban J connectivity index is 2.21. The van der Waals surface area contributed by atoms with Crippen LogP contribution in [0.3, 0.4) is 0 Å². The number of rotatable bonds is 0. The van der Waals surface area contributed by atoms with E-state index in [2.05, 4.69) is 12.2 Å². The molecule has 0 amide bonds. The molecule has 0 heterocycles. The van der Waals surface area contributed by atoms with Gasteiger partial charge in [0.2, 0.25) is 0 Å². The van der Waals surface area contributed by atoms with Crippen LogP contribution in [-0.4, -0.2) is 5.78 Å². The fraction of sp³-hybridized carbons (Fsp3) is 0.625. The highest BCUT2D eigenvalue weighted by atomic mass is 16.1. The standard InChI is InChI=1S/C8H10O/c1-5-6-3-2-4-7(6)8(5)9/h2-3,5-7H,4H2,1H3. The first-order chi connectivity index (χ1) is 4.30. The fourth-order valence-corrected chi connectivity index (χ4v) is 1.90. The average Bonchev–Trinajstić information content (AvgIpc) is 2.30. The predicted octanol–water partition coefficient (Wildman–Crippen LogP) is 1.40. The molecule has 9 heavy (non-hydrogen) atoms. The van der Waals surface area contributed by atoms with Crippen LogP contribution in [0.5, 0.6) is 0 Å². The SMILES string of the molecule is CC1C(=O)C2CC=CC12. The van der Waals surface area contributed by atoms with E-state index in [0.717, 1.165) is 6.42 Å². The molecule has 0 saturated heterocycles. The van der Waals surface area contributed by atoms with Crippen LogP contribution in [0.2, 0.25) is 0 Å². The molecule has 3 atom stereocenters. The Bertz CT molecular complexity index is 181. The number of carbonyl (C=O) groups is 1. The summed E-state index contributed by atoms with van der Waals surface area (Å²) in [6.07, 6.45) is 5.33. The summed E-state index contributed by atoms with van der Waals surface area (Å²) in [7, 11) is 0. The number of allylic oxidation sites excluding steroid dienone is 2. The van der Waals surface area contributed by atoms with E-state index in [9.17, 15) is 4.79 Å². The van der Waals surface area contributed by atoms with Crippen LogP contribution < -0.4 is 0 Å². The molecule has 48 valence electrons. The third-order valence-electron chi connectivity index (χ3n) is 2.60. The van der Waals surface area contributed by atoms with Crippen LogP contribution in [0.4, 0.5) is 0 Å². The van der Waals surface area contributed by atoms with E-state index in [4.69, 9.17) is 0 Å². The van der Waals surface area contributed by atoms with Gasteiger partial charge in [-0.15, -0.1) is 0 Å². The minimum atomic E-state index is 0.328. The van der Waals surface area contributed by atoms with Crippen molar-refractivity contribution < 1.29 is 4.79 Å². The van der Waals surface area contributed by atoms with Crippen molar-refractivity contribution in [2.75, 3.05) is 0 Å². The van der Waals surface area contributed by atoms with Crippen molar-refractivity contribution in [1.82, 2.24) is 0 Å². The van der Waals surface area contributed by atoms with E-state index >= 15 is 0 Å². The molecule has 0 aromatic carbocycles. The second-order valence-corrected chi connectivity index (χ2v) is 3.04. The van der Waals surface area contributed by atoms with Gasteiger partial charge in [-0.05, 0) is 12.3 Å². The van der Waals surface area contributed by atoms with E-state index < -0.39 is 0 Å². The highest BCUT2D eigenvalue weighted by Crippen LogP contribution is 2.43. The molecule has 1 saturated carbocycles. The monoisotopic (exact) mass is 122 g/mol. The average molecular weight is 122 g/mol. The van der Waals surface area contributed by atoms with Crippen LogP contribution in [0.15, 0.2) is 12.2 Å². The first-order valence-corrected chi connectivity index (χ1v) is 3.51. The molecule has 1 nitrogen and oxygen atoms in total. The predicted molar refractivity (Wildman–Crippen MR) is 34.9 cm³/mol. The number of Topliss-reactive ketones (excluding diaryl/α,β-unsaturated/α-hetero) is 1. The Morgan fingerprint density at radius 2 is 2.44 bits per heavy atom. The molecule has 0 radical (unpaired) electrons. The Morgan fingerprint density at radius 3 is 3.11 bits per heavy atom. The van der Waals surface area contributed by atoms with Gasteiger partial charge < -0.3 is 0 Å². The summed E-state index contributed by atoms with van der Waals surface area (Å²) in [6.45, 7) is 2.03. The van der Waals surface area contributed by atoms with Gasteiger partial charge in [-0.1, -0.05) is 19.1 Å². The highest BCUT2D eigenvalue weighted by Gasteiger charge is 2.46.